The van der Waals surface area contributed by atoms with E-state index < -0.39 is 30.4 Å². The van der Waals surface area contributed by atoms with Crippen LogP contribution in [0.4, 0.5) is 5.69 Å². The second-order valence-electron chi connectivity index (χ2n) is 7.50. The fourth-order valence-electron chi connectivity index (χ4n) is 3.67. The summed E-state index contributed by atoms with van der Waals surface area (Å²) in [5, 5.41) is 22.8. The van der Waals surface area contributed by atoms with E-state index in [1.165, 1.54) is 24.3 Å². The molecule has 0 bridgehead atoms. The van der Waals surface area contributed by atoms with Gasteiger partial charge in [-0.3, -0.25) is 19.5 Å². The number of carboxylic acid groups (broad SMARTS) is 1. The van der Waals surface area contributed by atoms with Crippen LogP contribution in [0.15, 0.2) is 46.5 Å². The van der Waals surface area contributed by atoms with E-state index >= 15 is 0 Å². The molecule has 1 aliphatic heterocycles. The molecule has 0 saturated carbocycles. The van der Waals surface area contributed by atoms with Crippen LogP contribution >= 0.6 is 7.60 Å². The van der Waals surface area contributed by atoms with Gasteiger partial charge in [0.15, 0.2) is 0 Å². The Labute approximate surface area is 190 Å². The maximum Gasteiger partial charge on any atom is 0.357 e. The maximum absolute atomic E-state index is 13.0. The van der Waals surface area contributed by atoms with Crippen LogP contribution in [-0.2, 0) is 23.4 Å². The van der Waals surface area contributed by atoms with Crippen molar-refractivity contribution in [3.8, 4) is 0 Å². The molecule has 2 atom stereocenters. The van der Waals surface area contributed by atoms with Gasteiger partial charge in [-0.2, -0.15) is 0 Å². The molecule has 0 aromatic heterocycles. The number of carbonyl (C=O) groups is 2. The molecule has 180 valence electrons. The van der Waals surface area contributed by atoms with Crippen LogP contribution in [0.3, 0.4) is 0 Å². The Morgan fingerprint density at radius 3 is 2.52 bits per heavy atom. The fraction of sp³-hybridized carbons (Fsp3) is 0.429. The molecule has 33 heavy (non-hydrogen) atoms. The summed E-state index contributed by atoms with van der Waals surface area (Å²) in [6.45, 7) is 3.18. The van der Waals surface area contributed by atoms with Crippen LogP contribution in [0, 0.1) is 10.1 Å². The lowest BCUT2D eigenvalue weighted by Gasteiger charge is -2.32. The zero-order valence-corrected chi connectivity index (χ0v) is 19.5. The van der Waals surface area contributed by atoms with Gasteiger partial charge >= 0.3 is 19.5 Å². The molecule has 1 aromatic rings. The molecule has 0 radical (unpaired) electrons. The molecule has 3 N–H and O–H groups in total. The number of carbonyl (C=O) groups excluding carboxylic acids is 1. The van der Waals surface area contributed by atoms with Gasteiger partial charge < -0.3 is 24.6 Å². The van der Waals surface area contributed by atoms with Gasteiger partial charge in [0, 0.05) is 37.1 Å². The van der Waals surface area contributed by atoms with Crippen LogP contribution in [0.5, 0.6) is 0 Å². The highest BCUT2D eigenvalue weighted by Crippen LogP contribution is 2.60. The van der Waals surface area contributed by atoms with E-state index in [0.29, 0.717) is 30.7 Å². The van der Waals surface area contributed by atoms with Crippen molar-refractivity contribution < 1.29 is 38.3 Å². The predicted octanol–water partition coefficient (Wildman–Crippen LogP) is 3.81. The molecule has 11 nitrogen and oxygen atoms in total. The normalized spacial score (nSPS) is 17.9. The Morgan fingerprint density at radius 2 is 1.91 bits per heavy atom. The molecule has 0 fully saturated rings. The summed E-state index contributed by atoms with van der Waals surface area (Å²) in [5.74, 6) is -2.76. The molecule has 0 aliphatic carbocycles. The number of ether oxygens (including phenoxy) is 1. The van der Waals surface area contributed by atoms with E-state index in [-0.39, 0.29) is 35.2 Å². The molecular formula is C21H27N2O9P. The Morgan fingerprint density at radius 1 is 1.21 bits per heavy atom. The topological polar surface area (TPSA) is 165 Å². The Hall–Kier alpha value is -3.01. The number of benzene rings is 1. The molecule has 0 amide bonds. The minimum atomic E-state index is -4.37. The third-order valence-corrected chi connectivity index (χ3v) is 6.88. The number of nitro groups is 1. The molecule has 2 unspecified atom stereocenters. The third-order valence-electron chi connectivity index (χ3n) is 5.18. The smallest absolute Gasteiger partial charge is 0.357 e. The minimum Gasteiger partial charge on any atom is -0.481 e. The SMILES string of the molecule is COP(=O)(O)C1=C(C)NC(C)=C(C(=O)OCCCCCC(=O)O)C1c1cccc([N+](=O)[O-])c1. The number of allylic oxidation sites excluding steroid dienone is 3. The molecule has 12 heteroatoms. The molecule has 1 heterocycles. The third kappa shape index (κ3) is 6.50. The quantitative estimate of drug-likeness (QED) is 0.139. The largest absolute Gasteiger partial charge is 0.481 e. The lowest BCUT2D eigenvalue weighted by molar-refractivity contribution is -0.384. The number of nitrogens with one attached hydrogen (secondary N) is 1. The molecule has 1 aromatic carbocycles. The molecular weight excluding hydrogens is 455 g/mol. The van der Waals surface area contributed by atoms with Crippen LogP contribution in [0.25, 0.3) is 0 Å². The van der Waals surface area contributed by atoms with Gasteiger partial charge in [0.05, 0.1) is 28.3 Å². The van der Waals surface area contributed by atoms with E-state index in [9.17, 15) is 29.2 Å². The molecule has 1 aliphatic rings. The highest BCUT2D eigenvalue weighted by atomic mass is 31.2. The highest BCUT2D eigenvalue weighted by Gasteiger charge is 2.43. The van der Waals surface area contributed by atoms with Crippen LogP contribution in [-0.4, -0.2) is 40.6 Å². The number of nitrogens with zero attached hydrogens (tertiary/aromatic N) is 1. The van der Waals surface area contributed by atoms with Crippen LogP contribution in [0.1, 0.15) is 51.0 Å². The molecule has 0 spiro atoms. The van der Waals surface area contributed by atoms with Gasteiger partial charge in [-0.1, -0.05) is 12.1 Å². The highest BCUT2D eigenvalue weighted by molar-refractivity contribution is 7.57. The number of dihydropyridines is 1. The van der Waals surface area contributed by atoms with Crippen LogP contribution in [0.2, 0.25) is 0 Å². The first kappa shape index (κ1) is 26.2. The molecule has 0 saturated heterocycles. The maximum atomic E-state index is 13.0. The van der Waals surface area contributed by atoms with Gasteiger partial charge in [-0.25, -0.2) is 4.79 Å². The Bertz CT molecular complexity index is 1050. The van der Waals surface area contributed by atoms with Gasteiger partial charge in [0.25, 0.3) is 5.69 Å². The summed E-state index contributed by atoms with van der Waals surface area (Å²) in [6, 6.07) is 5.48. The Balaban J connectivity index is 2.40. The zero-order valence-electron chi connectivity index (χ0n) is 18.6. The van der Waals surface area contributed by atoms with E-state index in [2.05, 4.69) is 5.32 Å². The van der Waals surface area contributed by atoms with Gasteiger partial charge in [-0.15, -0.1) is 0 Å². The van der Waals surface area contributed by atoms with Crippen molar-refractivity contribution in [3.05, 3.63) is 62.2 Å². The number of esters is 1. The first-order valence-corrected chi connectivity index (χ1v) is 11.8. The minimum absolute atomic E-state index is 0.0211. The number of hydrogen-bond donors (Lipinski definition) is 3. The zero-order chi connectivity index (χ0) is 24.8. The van der Waals surface area contributed by atoms with Crippen molar-refractivity contribution in [2.75, 3.05) is 13.7 Å². The second kappa shape index (κ2) is 11.2. The Kier molecular flexibility index (Phi) is 8.92. The van der Waals surface area contributed by atoms with Crippen molar-refractivity contribution in [1.29, 1.82) is 0 Å². The first-order valence-electron chi connectivity index (χ1n) is 10.2. The van der Waals surface area contributed by atoms with Crippen molar-refractivity contribution in [2.45, 2.75) is 45.4 Å². The summed E-state index contributed by atoms with van der Waals surface area (Å²) >= 11 is 0. The number of non-ortho nitro benzene ring substituents is 1. The van der Waals surface area contributed by atoms with E-state index in [1.54, 1.807) is 13.8 Å². The van der Waals surface area contributed by atoms with Crippen LogP contribution < -0.4 is 5.32 Å². The summed E-state index contributed by atoms with van der Waals surface area (Å²) in [6.07, 6.45) is 1.45. The summed E-state index contributed by atoms with van der Waals surface area (Å²) in [5.41, 5.74) is 0.728. The standard InChI is InChI=1S/C21H27N2O9P/c1-13-18(21(26)32-11-6-4-5-10-17(24)25)19(15-8-7-9-16(12-15)23(27)28)20(14(2)22-13)33(29,30)31-3/h7-9,12,19,22H,4-6,10-11H2,1-3H3,(H,24,25)(H,29,30). The number of unbranched alkanes of at least 4 members (excludes halogenated alkanes) is 2. The number of carboxylic acids is 1. The monoisotopic (exact) mass is 482 g/mol. The van der Waals surface area contributed by atoms with Crippen molar-refractivity contribution in [3.63, 3.8) is 0 Å². The lowest BCUT2D eigenvalue weighted by Crippen LogP contribution is -2.29. The fourth-order valence-corrected chi connectivity index (χ4v) is 4.95. The molecule has 2 rings (SSSR count). The van der Waals surface area contributed by atoms with Gasteiger partial charge in [0.2, 0.25) is 0 Å². The van der Waals surface area contributed by atoms with Gasteiger partial charge in [-0.05, 0) is 38.7 Å². The van der Waals surface area contributed by atoms with Crippen molar-refractivity contribution >= 4 is 25.2 Å². The number of nitro benzene ring substituents is 1. The number of hydrogen-bond acceptors (Lipinski definition) is 8. The second-order valence-corrected chi connectivity index (χ2v) is 9.39. The average molecular weight is 482 g/mol. The summed E-state index contributed by atoms with van der Waals surface area (Å²) in [4.78, 5) is 44.8. The average Bonchev–Trinajstić information content (AvgIpc) is 2.75. The van der Waals surface area contributed by atoms with E-state index in [4.69, 9.17) is 14.4 Å². The van der Waals surface area contributed by atoms with Gasteiger partial charge in [0.1, 0.15) is 0 Å². The van der Waals surface area contributed by atoms with E-state index in [1.807, 2.05) is 0 Å². The number of rotatable bonds is 11. The summed E-state index contributed by atoms with van der Waals surface area (Å²) in [7, 11) is -3.31. The van der Waals surface area contributed by atoms with Crippen molar-refractivity contribution in [1.82, 2.24) is 5.32 Å². The summed E-state index contributed by atoms with van der Waals surface area (Å²) < 4.78 is 23.1. The predicted molar refractivity (Wildman–Crippen MR) is 118 cm³/mol. The first-order chi connectivity index (χ1) is 15.5. The van der Waals surface area contributed by atoms with Crippen molar-refractivity contribution in [2.24, 2.45) is 0 Å². The number of aliphatic carboxylic acids is 1. The van der Waals surface area contributed by atoms with E-state index in [0.717, 1.165) is 7.11 Å². The lowest BCUT2D eigenvalue weighted by atomic mass is 9.86.